The smallest absolute Gasteiger partial charge is 0.438 e. The van der Waals surface area contributed by atoms with Gasteiger partial charge in [-0.25, -0.2) is 9.59 Å². The third-order valence-electron chi connectivity index (χ3n) is 3.02. The van der Waals surface area contributed by atoms with E-state index in [1.54, 1.807) is 0 Å². The quantitative estimate of drug-likeness (QED) is 0.778. The molecular weight excluding hydrogens is 276 g/mol. The second-order valence-electron chi connectivity index (χ2n) is 4.50. The zero-order valence-corrected chi connectivity index (χ0v) is 12.7. The van der Waals surface area contributed by atoms with Crippen LogP contribution in [0.5, 0.6) is 0 Å². The maximum absolute atomic E-state index is 11.0. The second kappa shape index (κ2) is 8.14. The minimum atomic E-state index is -0.708. The van der Waals surface area contributed by atoms with Crippen molar-refractivity contribution in [2.75, 3.05) is 20.8 Å². The maximum atomic E-state index is 11.0. The van der Waals surface area contributed by atoms with Crippen molar-refractivity contribution in [1.82, 2.24) is 0 Å². The lowest BCUT2D eigenvalue weighted by atomic mass is 9.97. The molecule has 0 amide bonds. The van der Waals surface area contributed by atoms with Crippen molar-refractivity contribution in [3.8, 4) is 0 Å². The topological polar surface area (TPSA) is 71.1 Å². The Hall–Kier alpha value is -2.24. The highest BCUT2D eigenvalue weighted by Gasteiger charge is 2.09. The maximum Gasteiger partial charge on any atom is 0.508 e. The summed E-state index contributed by atoms with van der Waals surface area (Å²) in [4.78, 5) is 21.8. The number of ether oxygens (including phenoxy) is 4. The van der Waals surface area contributed by atoms with Crippen molar-refractivity contribution in [2.45, 2.75) is 26.9 Å². The molecule has 6 heteroatoms. The van der Waals surface area contributed by atoms with Crippen molar-refractivity contribution in [3.05, 3.63) is 34.4 Å². The van der Waals surface area contributed by atoms with Crippen molar-refractivity contribution >= 4 is 12.3 Å². The van der Waals surface area contributed by atoms with Crippen LogP contribution in [0.3, 0.4) is 0 Å². The van der Waals surface area contributed by atoms with Crippen LogP contribution in [0.15, 0.2) is 12.1 Å². The Morgan fingerprint density at radius 1 is 0.952 bits per heavy atom. The minimum Gasteiger partial charge on any atom is -0.438 e. The van der Waals surface area contributed by atoms with Gasteiger partial charge in [0.2, 0.25) is 0 Å². The Labute approximate surface area is 123 Å². The second-order valence-corrected chi connectivity index (χ2v) is 4.50. The molecule has 0 saturated heterocycles. The molecule has 1 rings (SSSR count). The number of carbonyl (C=O) groups excluding carboxylic acids is 2. The highest BCUT2D eigenvalue weighted by atomic mass is 16.7. The van der Waals surface area contributed by atoms with E-state index >= 15 is 0 Å². The van der Waals surface area contributed by atoms with Crippen LogP contribution in [0, 0.1) is 13.8 Å². The Kier molecular flexibility index (Phi) is 6.52. The first-order chi connectivity index (χ1) is 9.97. The third kappa shape index (κ3) is 5.33. The summed E-state index contributed by atoms with van der Waals surface area (Å²) in [6.45, 7) is 4.34. The molecule has 0 aromatic heterocycles. The molecule has 0 unspecified atom stereocenters. The van der Waals surface area contributed by atoms with Gasteiger partial charge in [0.05, 0.1) is 20.8 Å². The van der Waals surface area contributed by atoms with Crippen LogP contribution < -0.4 is 0 Å². The van der Waals surface area contributed by atoms with E-state index in [4.69, 9.17) is 9.47 Å². The monoisotopic (exact) mass is 296 g/mol. The van der Waals surface area contributed by atoms with Crippen molar-refractivity contribution in [3.63, 3.8) is 0 Å². The lowest BCUT2D eigenvalue weighted by molar-refractivity contribution is 0.0668. The van der Waals surface area contributed by atoms with E-state index in [0.29, 0.717) is 6.42 Å². The zero-order valence-electron chi connectivity index (χ0n) is 12.7. The summed E-state index contributed by atoms with van der Waals surface area (Å²) in [5, 5.41) is 0. The van der Waals surface area contributed by atoms with Gasteiger partial charge < -0.3 is 18.9 Å². The molecule has 0 bridgehead atoms. The third-order valence-corrected chi connectivity index (χ3v) is 3.02. The number of hydrogen-bond acceptors (Lipinski definition) is 6. The van der Waals surface area contributed by atoms with Crippen LogP contribution in [0.2, 0.25) is 0 Å². The van der Waals surface area contributed by atoms with Crippen LogP contribution >= 0.6 is 0 Å². The predicted octanol–water partition coefficient (Wildman–Crippen LogP) is 2.91. The van der Waals surface area contributed by atoms with Gasteiger partial charge >= 0.3 is 12.3 Å². The van der Waals surface area contributed by atoms with E-state index in [1.165, 1.54) is 14.2 Å². The molecule has 0 radical (unpaired) electrons. The summed E-state index contributed by atoms with van der Waals surface area (Å²) in [5.74, 6) is 0. The van der Waals surface area contributed by atoms with Gasteiger partial charge in [-0.15, -0.1) is 0 Å². The van der Waals surface area contributed by atoms with Gasteiger partial charge in [0.1, 0.15) is 6.61 Å². The lowest BCUT2D eigenvalue weighted by Crippen LogP contribution is -2.09. The number of rotatable bonds is 5. The molecule has 6 nitrogen and oxygen atoms in total. The van der Waals surface area contributed by atoms with E-state index in [-0.39, 0.29) is 13.2 Å². The van der Waals surface area contributed by atoms with Crippen LogP contribution in [0.25, 0.3) is 0 Å². The van der Waals surface area contributed by atoms with Gasteiger partial charge in [0.15, 0.2) is 0 Å². The summed E-state index contributed by atoms with van der Waals surface area (Å²) in [7, 11) is 2.54. The number of carbonyl (C=O) groups is 2. The van der Waals surface area contributed by atoms with Gasteiger partial charge in [0, 0.05) is 6.42 Å². The Bertz CT molecular complexity index is 486. The van der Waals surface area contributed by atoms with Crippen LogP contribution in [-0.4, -0.2) is 33.1 Å². The van der Waals surface area contributed by atoms with Crippen LogP contribution in [0.4, 0.5) is 9.59 Å². The number of methoxy groups -OCH3 is 2. The summed E-state index contributed by atoms with van der Waals surface area (Å²) >= 11 is 0. The first-order valence-corrected chi connectivity index (χ1v) is 6.48. The Balaban J connectivity index is 2.66. The molecule has 0 saturated carbocycles. The highest BCUT2D eigenvalue weighted by molar-refractivity contribution is 5.60. The molecule has 0 aliphatic carbocycles. The van der Waals surface area contributed by atoms with Gasteiger partial charge in [0.25, 0.3) is 0 Å². The summed E-state index contributed by atoms with van der Waals surface area (Å²) < 4.78 is 18.6. The SMILES string of the molecule is COC(=O)OCCc1c(C)cc(COC(=O)OC)cc1C. The minimum absolute atomic E-state index is 0.160. The lowest BCUT2D eigenvalue weighted by Gasteiger charge is -2.13. The van der Waals surface area contributed by atoms with Gasteiger partial charge in [-0.2, -0.15) is 0 Å². The molecule has 0 aliphatic heterocycles. The standard InChI is InChI=1S/C15H20O6/c1-10-7-12(9-21-15(17)19-4)8-11(2)13(10)5-6-20-14(16)18-3/h7-8H,5-6,9H2,1-4H3. The first-order valence-electron chi connectivity index (χ1n) is 6.48. The molecule has 1 aromatic rings. The average Bonchev–Trinajstić information content (AvgIpc) is 2.47. The predicted molar refractivity (Wildman–Crippen MR) is 75.2 cm³/mol. The average molecular weight is 296 g/mol. The van der Waals surface area contributed by atoms with Crippen molar-refractivity contribution < 1.29 is 28.5 Å². The molecule has 0 atom stereocenters. The van der Waals surface area contributed by atoms with Gasteiger partial charge in [-0.3, -0.25) is 0 Å². The summed E-state index contributed by atoms with van der Waals surface area (Å²) in [6.07, 6.45) is -0.792. The molecule has 0 spiro atoms. The fourth-order valence-electron chi connectivity index (χ4n) is 2.06. The highest BCUT2D eigenvalue weighted by Crippen LogP contribution is 2.18. The molecule has 0 aliphatic rings. The van der Waals surface area contributed by atoms with E-state index in [0.717, 1.165) is 22.3 Å². The molecule has 0 fully saturated rings. The fraction of sp³-hybridized carbons (Fsp3) is 0.467. The van der Waals surface area contributed by atoms with Crippen LogP contribution in [0.1, 0.15) is 22.3 Å². The number of benzene rings is 1. The molecule has 0 N–H and O–H groups in total. The number of hydrogen-bond donors (Lipinski definition) is 0. The number of aryl methyl sites for hydroxylation is 2. The Morgan fingerprint density at radius 2 is 1.48 bits per heavy atom. The van der Waals surface area contributed by atoms with E-state index in [2.05, 4.69) is 9.47 Å². The van der Waals surface area contributed by atoms with Crippen LogP contribution in [-0.2, 0) is 32.0 Å². The molecular formula is C15H20O6. The fourth-order valence-corrected chi connectivity index (χ4v) is 2.06. The van der Waals surface area contributed by atoms with Gasteiger partial charge in [-0.05, 0) is 36.1 Å². The molecule has 21 heavy (non-hydrogen) atoms. The first kappa shape index (κ1) is 16.8. The summed E-state index contributed by atoms with van der Waals surface area (Å²) in [6, 6.07) is 3.87. The molecule has 116 valence electrons. The Morgan fingerprint density at radius 3 is 2.00 bits per heavy atom. The summed E-state index contributed by atoms with van der Waals surface area (Å²) in [5.41, 5.74) is 4.08. The molecule has 1 aromatic carbocycles. The van der Waals surface area contributed by atoms with Crippen molar-refractivity contribution in [1.29, 1.82) is 0 Å². The van der Waals surface area contributed by atoms with Gasteiger partial charge in [-0.1, -0.05) is 12.1 Å². The van der Waals surface area contributed by atoms with E-state index in [1.807, 2.05) is 26.0 Å². The van der Waals surface area contributed by atoms with Crippen molar-refractivity contribution in [2.24, 2.45) is 0 Å². The van der Waals surface area contributed by atoms with E-state index in [9.17, 15) is 9.59 Å². The normalized spacial score (nSPS) is 9.90. The zero-order chi connectivity index (χ0) is 15.8. The largest absolute Gasteiger partial charge is 0.508 e. The van der Waals surface area contributed by atoms with E-state index < -0.39 is 12.3 Å². The molecule has 0 heterocycles.